The first-order valence-electron chi connectivity index (χ1n) is 8.33. The van der Waals surface area contributed by atoms with Gasteiger partial charge in [0.2, 0.25) is 0 Å². The van der Waals surface area contributed by atoms with Crippen LogP contribution in [0.15, 0.2) is 24.3 Å². The molecule has 1 aliphatic rings. The Hall–Kier alpha value is -1.22. The van der Waals surface area contributed by atoms with Gasteiger partial charge >= 0.3 is 0 Å². The van der Waals surface area contributed by atoms with Gasteiger partial charge in [0.25, 0.3) is 0 Å². The average molecular weight is 290 g/mol. The Balaban J connectivity index is 1.87. The summed E-state index contributed by atoms with van der Waals surface area (Å²) >= 11 is 0. The summed E-state index contributed by atoms with van der Waals surface area (Å²) in [6, 6.07) is 9.01. The van der Waals surface area contributed by atoms with Crippen molar-refractivity contribution in [2.45, 2.75) is 45.1 Å². The molecular formula is C18H30N2O. The van der Waals surface area contributed by atoms with E-state index < -0.39 is 0 Å². The highest BCUT2D eigenvalue weighted by Gasteiger charge is 2.26. The molecule has 1 aromatic carbocycles. The van der Waals surface area contributed by atoms with E-state index in [4.69, 9.17) is 4.74 Å². The van der Waals surface area contributed by atoms with Crippen molar-refractivity contribution < 1.29 is 4.74 Å². The third kappa shape index (κ3) is 4.37. The average Bonchev–Trinajstić information content (AvgIpc) is 2.97. The van der Waals surface area contributed by atoms with E-state index in [2.05, 4.69) is 36.3 Å². The number of rotatable bonds is 8. The Labute approximate surface area is 129 Å². The molecule has 0 amide bonds. The predicted molar refractivity (Wildman–Crippen MR) is 90.3 cm³/mol. The summed E-state index contributed by atoms with van der Waals surface area (Å²) < 4.78 is 5.46. The smallest absolute Gasteiger partial charge is 0.142 e. The van der Waals surface area contributed by atoms with Gasteiger partial charge < -0.3 is 15.0 Å². The zero-order chi connectivity index (χ0) is 15.1. The van der Waals surface area contributed by atoms with Crippen LogP contribution in [0.5, 0.6) is 5.75 Å². The van der Waals surface area contributed by atoms with Crippen molar-refractivity contribution in [2.75, 3.05) is 32.1 Å². The molecule has 1 aliphatic carbocycles. The van der Waals surface area contributed by atoms with Crippen LogP contribution in [0.2, 0.25) is 0 Å². The van der Waals surface area contributed by atoms with Crippen molar-refractivity contribution in [3.8, 4) is 5.75 Å². The normalized spacial score (nSPS) is 21.5. The van der Waals surface area contributed by atoms with Crippen molar-refractivity contribution in [3.63, 3.8) is 0 Å². The van der Waals surface area contributed by atoms with E-state index in [1.807, 2.05) is 12.1 Å². The Bertz CT molecular complexity index is 421. The molecule has 2 rings (SSSR count). The Kier molecular flexibility index (Phi) is 6.37. The van der Waals surface area contributed by atoms with E-state index in [9.17, 15) is 0 Å². The minimum atomic E-state index is 0.732. The summed E-state index contributed by atoms with van der Waals surface area (Å²) in [5.74, 6) is 1.79. The molecule has 0 radical (unpaired) electrons. The third-order valence-electron chi connectivity index (χ3n) is 4.65. The Morgan fingerprint density at radius 2 is 2.10 bits per heavy atom. The molecule has 1 N–H and O–H groups in total. The van der Waals surface area contributed by atoms with Crippen LogP contribution in [-0.2, 0) is 0 Å². The molecule has 0 aliphatic heterocycles. The van der Waals surface area contributed by atoms with E-state index in [-0.39, 0.29) is 0 Å². The minimum absolute atomic E-state index is 0.732. The Morgan fingerprint density at radius 3 is 2.86 bits per heavy atom. The van der Waals surface area contributed by atoms with Crippen LogP contribution in [0.3, 0.4) is 0 Å². The van der Waals surface area contributed by atoms with Crippen molar-refractivity contribution in [1.82, 2.24) is 5.32 Å². The van der Waals surface area contributed by atoms with Gasteiger partial charge in [0.1, 0.15) is 5.75 Å². The van der Waals surface area contributed by atoms with E-state index in [0.29, 0.717) is 0 Å². The molecule has 1 fully saturated rings. The van der Waals surface area contributed by atoms with Gasteiger partial charge in [0, 0.05) is 19.6 Å². The first-order valence-corrected chi connectivity index (χ1v) is 8.33. The molecule has 3 heteroatoms. The number of hydrogen-bond acceptors (Lipinski definition) is 3. The van der Waals surface area contributed by atoms with Crippen molar-refractivity contribution >= 4 is 5.69 Å². The van der Waals surface area contributed by atoms with Crippen LogP contribution in [0, 0.1) is 5.92 Å². The standard InChI is InChI=1S/C18H30N2O/c1-4-13-19-16-9-7-8-15(16)12-14-20(2)17-10-5-6-11-18(17)21-3/h5-6,10-11,15-16,19H,4,7-9,12-14H2,1-3H3. The maximum absolute atomic E-state index is 5.46. The van der Waals surface area contributed by atoms with Gasteiger partial charge in [-0.15, -0.1) is 0 Å². The molecule has 2 atom stereocenters. The first-order chi connectivity index (χ1) is 10.3. The summed E-state index contributed by atoms with van der Waals surface area (Å²) in [4.78, 5) is 2.33. The van der Waals surface area contributed by atoms with Crippen LogP contribution < -0.4 is 15.0 Å². The molecule has 0 bridgehead atoms. The van der Waals surface area contributed by atoms with Crippen molar-refractivity contribution in [2.24, 2.45) is 5.92 Å². The number of ether oxygens (including phenoxy) is 1. The first kappa shape index (κ1) is 16.2. The largest absolute Gasteiger partial charge is 0.495 e. The van der Waals surface area contributed by atoms with Crippen LogP contribution >= 0.6 is 0 Å². The fourth-order valence-electron chi connectivity index (χ4n) is 3.41. The second kappa shape index (κ2) is 8.28. The fourth-order valence-corrected chi connectivity index (χ4v) is 3.41. The van der Waals surface area contributed by atoms with E-state index in [1.54, 1.807) is 7.11 Å². The van der Waals surface area contributed by atoms with Crippen LogP contribution in [-0.4, -0.2) is 33.3 Å². The number of anilines is 1. The Morgan fingerprint density at radius 1 is 1.29 bits per heavy atom. The molecule has 1 aromatic rings. The summed E-state index contributed by atoms with van der Waals surface area (Å²) in [7, 11) is 3.91. The molecule has 1 saturated carbocycles. The molecule has 21 heavy (non-hydrogen) atoms. The summed E-state index contributed by atoms with van der Waals surface area (Å²) in [6.45, 7) is 4.49. The highest BCUT2D eigenvalue weighted by atomic mass is 16.5. The van der Waals surface area contributed by atoms with Gasteiger partial charge in [-0.25, -0.2) is 0 Å². The highest BCUT2D eigenvalue weighted by molar-refractivity contribution is 5.57. The van der Waals surface area contributed by atoms with E-state index >= 15 is 0 Å². The molecule has 0 heterocycles. The quantitative estimate of drug-likeness (QED) is 0.790. The number of para-hydroxylation sites is 2. The fraction of sp³-hybridized carbons (Fsp3) is 0.667. The molecule has 3 nitrogen and oxygen atoms in total. The van der Waals surface area contributed by atoms with E-state index in [0.717, 1.165) is 30.8 Å². The summed E-state index contributed by atoms with van der Waals surface area (Å²) in [6.07, 6.45) is 6.59. The molecule has 2 unspecified atom stereocenters. The second-order valence-corrected chi connectivity index (χ2v) is 6.13. The number of nitrogens with zero attached hydrogens (tertiary/aromatic N) is 1. The van der Waals surface area contributed by atoms with Gasteiger partial charge in [0.05, 0.1) is 12.8 Å². The van der Waals surface area contributed by atoms with Crippen molar-refractivity contribution in [3.05, 3.63) is 24.3 Å². The lowest BCUT2D eigenvalue weighted by Gasteiger charge is -2.26. The zero-order valence-electron chi connectivity index (χ0n) is 13.8. The molecular weight excluding hydrogens is 260 g/mol. The number of methoxy groups -OCH3 is 1. The van der Waals surface area contributed by atoms with E-state index in [1.165, 1.54) is 37.8 Å². The number of hydrogen-bond donors (Lipinski definition) is 1. The van der Waals surface area contributed by atoms with Gasteiger partial charge in [-0.2, -0.15) is 0 Å². The maximum atomic E-state index is 5.46. The molecule has 0 spiro atoms. The van der Waals surface area contributed by atoms with Crippen molar-refractivity contribution in [1.29, 1.82) is 0 Å². The van der Waals surface area contributed by atoms with Gasteiger partial charge in [-0.3, -0.25) is 0 Å². The predicted octanol–water partition coefficient (Wildman–Crippen LogP) is 3.69. The third-order valence-corrected chi connectivity index (χ3v) is 4.65. The number of nitrogens with one attached hydrogen (secondary N) is 1. The molecule has 0 saturated heterocycles. The van der Waals surface area contributed by atoms with Crippen LogP contribution in [0.4, 0.5) is 5.69 Å². The zero-order valence-corrected chi connectivity index (χ0v) is 13.8. The van der Waals surface area contributed by atoms with Crippen LogP contribution in [0.1, 0.15) is 39.0 Å². The van der Waals surface area contributed by atoms with Gasteiger partial charge in [0.15, 0.2) is 0 Å². The maximum Gasteiger partial charge on any atom is 0.142 e. The van der Waals surface area contributed by atoms with Gasteiger partial charge in [-0.05, 0) is 50.3 Å². The second-order valence-electron chi connectivity index (χ2n) is 6.13. The lowest BCUT2D eigenvalue weighted by Crippen LogP contribution is -2.34. The molecule has 0 aromatic heterocycles. The van der Waals surface area contributed by atoms with Gasteiger partial charge in [-0.1, -0.05) is 25.5 Å². The number of benzene rings is 1. The molecule has 118 valence electrons. The summed E-state index contributed by atoms with van der Waals surface area (Å²) in [5, 5.41) is 3.72. The highest BCUT2D eigenvalue weighted by Crippen LogP contribution is 2.31. The minimum Gasteiger partial charge on any atom is -0.495 e. The SMILES string of the molecule is CCCNC1CCCC1CCN(C)c1ccccc1OC. The van der Waals surface area contributed by atoms with Crippen LogP contribution in [0.25, 0.3) is 0 Å². The lowest BCUT2D eigenvalue weighted by molar-refractivity contribution is 0.380. The summed E-state index contributed by atoms with van der Waals surface area (Å²) in [5.41, 5.74) is 1.19. The monoisotopic (exact) mass is 290 g/mol. The topological polar surface area (TPSA) is 24.5 Å². The lowest BCUT2D eigenvalue weighted by atomic mass is 9.99.